The molecule has 8 heteroatoms. The van der Waals surface area contributed by atoms with E-state index in [0.29, 0.717) is 27.3 Å². The molecule has 0 radical (unpaired) electrons. The number of carboxylic acids is 1. The minimum Gasteiger partial charge on any atom is -0.545 e. The van der Waals surface area contributed by atoms with Crippen LogP contribution >= 0.6 is 11.8 Å². The van der Waals surface area contributed by atoms with Crippen molar-refractivity contribution in [1.82, 2.24) is 4.90 Å². The van der Waals surface area contributed by atoms with Crippen molar-refractivity contribution < 1.29 is 24.2 Å². The maximum atomic E-state index is 12.6. The lowest BCUT2D eigenvalue weighted by Gasteiger charge is -2.08. The van der Waals surface area contributed by atoms with Crippen LogP contribution in [0.4, 0.5) is 5.69 Å². The Morgan fingerprint density at radius 2 is 1.89 bits per heavy atom. The van der Waals surface area contributed by atoms with Crippen molar-refractivity contribution in [3.05, 3.63) is 58.5 Å². The molecule has 0 unspecified atom stereocenters. The number of ether oxygens (including phenoxy) is 2. The number of carbonyl (C=O) groups is 2. The predicted octanol–water partition coefficient (Wildman–Crippen LogP) is 2.30. The van der Waals surface area contributed by atoms with Gasteiger partial charge in [-0.15, -0.1) is 0 Å². The molecule has 3 rings (SSSR count). The number of amides is 1. The zero-order chi connectivity index (χ0) is 20.3. The topological polar surface area (TPSA) is 91.3 Å². The molecule has 2 aromatic carbocycles. The van der Waals surface area contributed by atoms with Gasteiger partial charge in [0.1, 0.15) is 0 Å². The molecule has 0 bridgehead atoms. The molecule has 0 spiro atoms. The summed E-state index contributed by atoms with van der Waals surface area (Å²) in [4.78, 5) is 29.9. The lowest BCUT2D eigenvalue weighted by molar-refractivity contribution is -0.255. The molecule has 0 saturated carbocycles. The van der Waals surface area contributed by atoms with Gasteiger partial charge in [-0.05, 0) is 53.2 Å². The van der Waals surface area contributed by atoms with Crippen LogP contribution in [0.3, 0.4) is 0 Å². The maximum absolute atomic E-state index is 12.6. The van der Waals surface area contributed by atoms with E-state index in [9.17, 15) is 14.7 Å². The number of thioether (sulfide) groups is 1. The van der Waals surface area contributed by atoms with E-state index in [2.05, 4.69) is 4.99 Å². The third-order valence-corrected chi connectivity index (χ3v) is 5.08. The highest BCUT2D eigenvalue weighted by Gasteiger charge is 2.30. The summed E-state index contributed by atoms with van der Waals surface area (Å²) in [7, 11) is 4.72. The van der Waals surface area contributed by atoms with Crippen LogP contribution in [0.15, 0.2) is 52.4 Å². The van der Waals surface area contributed by atoms with Gasteiger partial charge in [-0.1, -0.05) is 18.2 Å². The Bertz CT molecular complexity index is 1000. The Kier molecular flexibility index (Phi) is 5.70. The van der Waals surface area contributed by atoms with E-state index in [-0.39, 0.29) is 11.5 Å². The summed E-state index contributed by atoms with van der Waals surface area (Å²) in [5.74, 6) is -0.315. The first-order valence-electron chi connectivity index (χ1n) is 8.22. The Morgan fingerprint density at radius 1 is 1.14 bits per heavy atom. The van der Waals surface area contributed by atoms with Crippen molar-refractivity contribution in [3.63, 3.8) is 0 Å². The number of aliphatic imine (C=N–C) groups is 1. The van der Waals surface area contributed by atoms with Gasteiger partial charge in [0.15, 0.2) is 16.7 Å². The van der Waals surface area contributed by atoms with Crippen LogP contribution in [0.1, 0.15) is 15.9 Å². The van der Waals surface area contributed by atoms with Crippen molar-refractivity contribution in [3.8, 4) is 11.5 Å². The number of methoxy groups -OCH3 is 2. The molecular weight excluding hydrogens is 380 g/mol. The second kappa shape index (κ2) is 8.18. The number of hydrogen-bond donors (Lipinski definition) is 0. The molecule has 2 aromatic rings. The number of hydrogen-bond acceptors (Lipinski definition) is 7. The SMILES string of the molecule is COc1ccc(/C=C2\SC(=Nc3cccc(C(=O)[O-])c3)N(C)C2=O)cc1OC. The van der Waals surface area contributed by atoms with Gasteiger partial charge in [0, 0.05) is 7.05 Å². The van der Waals surface area contributed by atoms with Crippen LogP contribution in [0.25, 0.3) is 6.08 Å². The molecule has 1 heterocycles. The van der Waals surface area contributed by atoms with E-state index in [1.54, 1.807) is 51.6 Å². The van der Waals surface area contributed by atoms with Crippen LogP contribution in [0.2, 0.25) is 0 Å². The average molecular weight is 397 g/mol. The number of benzene rings is 2. The molecule has 1 fully saturated rings. The fraction of sp³-hybridized carbons (Fsp3) is 0.150. The molecule has 0 aliphatic carbocycles. The van der Waals surface area contributed by atoms with Gasteiger partial charge in [-0.25, -0.2) is 4.99 Å². The van der Waals surface area contributed by atoms with Gasteiger partial charge in [-0.3, -0.25) is 9.69 Å². The second-order valence-corrected chi connectivity index (χ2v) is 6.83. The van der Waals surface area contributed by atoms with Crippen LogP contribution in [-0.2, 0) is 4.79 Å². The molecule has 0 aromatic heterocycles. The number of aromatic carboxylic acids is 1. The van der Waals surface area contributed by atoms with Gasteiger partial charge in [0.05, 0.1) is 30.8 Å². The molecule has 144 valence electrons. The Balaban J connectivity index is 1.90. The summed E-state index contributed by atoms with van der Waals surface area (Å²) in [6.45, 7) is 0. The highest BCUT2D eigenvalue weighted by molar-refractivity contribution is 8.18. The normalized spacial score (nSPS) is 16.7. The van der Waals surface area contributed by atoms with Gasteiger partial charge in [0.25, 0.3) is 5.91 Å². The largest absolute Gasteiger partial charge is 0.545 e. The van der Waals surface area contributed by atoms with Crippen LogP contribution < -0.4 is 14.6 Å². The molecule has 1 saturated heterocycles. The second-order valence-electron chi connectivity index (χ2n) is 5.82. The standard InChI is InChI=1S/C20H18N2O5S/c1-22-18(23)17(10-12-7-8-15(26-2)16(9-12)27-3)28-20(22)21-14-6-4-5-13(11-14)19(24)25/h4-11H,1-3H3,(H,24,25)/p-1/b17-10-,21-20?. The predicted molar refractivity (Wildman–Crippen MR) is 106 cm³/mol. The smallest absolute Gasteiger partial charge is 0.266 e. The molecule has 1 aliphatic heterocycles. The number of rotatable bonds is 5. The number of likely N-dealkylation sites (N-methyl/N-ethyl adjacent to an activating group) is 1. The quantitative estimate of drug-likeness (QED) is 0.719. The van der Waals surface area contributed by atoms with Crippen LogP contribution in [0.5, 0.6) is 11.5 Å². The minimum atomic E-state index is -1.28. The lowest BCUT2D eigenvalue weighted by atomic mass is 10.2. The third kappa shape index (κ3) is 4.01. The first-order chi connectivity index (χ1) is 13.4. The van der Waals surface area contributed by atoms with Crippen LogP contribution in [-0.4, -0.2) is 43.2 Å². The van der Waals surface area contributed by atoms with E-state index in [0.717, 1.165) is 5.56 Å². The maximum Gasteiger partial charge on any atom is 0.266 e. The Morgan fingerprint density at radius 3 is 2.57 bits per heavy atom. The van der Waals surface area contributed by atoms with Gasteiger partial charge >= 0.3 is 0 Å². The summed E-state index contributed by atoms with van der Waals surface area (Å²) in [6.07, 6.45) is 1.74. The lowest BCUT2D eigenvalue weighted by Crippen LogP contribution is -2.23. The molecular formula is C20H17N2O5S-. The minimum absolute atomic E-state index is 0.0277. The van der Waals surface area contributed by atoms with Crippen molar-refractivity contribution in [2.24, 2.45) is 4.99 Å². The molecule has 0 atom stereocenters. The van der Waals surface area contributed by atoms with E-state index in [1.807, 2.05) is 6.07 Å². The van der Waals surface area contributed by atoms with Crippen molar-refractivity contribution >= 4 is 40.6 Å². The molecule has 1 amide bonds. The van der Waals surface area contributed by atoms with Crippen LogP contribution in [0, 0.1) is 0 Å². The molecule has 7 nitrogen and oxygen atoms in total. The summed E-state index contributed by atoms with van der Waals surface area (Å²) < 4.78 is 10.5. The third-order valence-electron chi connectivity index (χ3n) is 4.02. The fourth-order valence-corrected chi connectivity index (χ4v) is 3.55. The number of carboxylic acid groups (broad SMARTS) is 1. The van der Waals surface area contributed by atoms with Gasteiger partial charge < -0.3 is 19.4 Å². The van der Waals surface area contributed by atoms with E-state index >= 15 is 0 Å². The number of nitrogens with zero attached hydrogens (tertiary/aromatic N) is 2. The molecule has 1 aliphatic rings. The zero-order valence-corrected chi connectivity index (χ0v) is 16.3. The first-order valence-corrected chi connectivity index (χ1v) is 9.04. The number of carbonyl (C=O) groups excluding carboxylic acids is 2. The monoisotopic (exact) mass is 397 g/mol. The Labute approximate surface area is 166 Å². The van der Waals surface area contributed by atoms with E-state index in [4.69, 9.17) is 9.47 Å². The molecule has 28 heavy (non-hydrogen) atoms. The molecule has 0 N–H and O–H groups in total. The van der Waals surface area contributed by atoms with Gasteiger partial charge in [0.2, 0.25) is 0 Å². The highest BCUT2D eigenvalue weighted by atomic mass is 32.2. The van der Waals surface area contributed by atoms with E-state index < -0.39 is 5.97 Å². The summed E-state index contributed by atoms with van der Waals surface area (Å²) in [6, 6.07) is 11.4. The summed E-state index contributed by atoms with van der Waals surface area (Å²) in [5.41, 5.74) is 1.23. The van der Waals surface area contributed by atoms with E-state index in [1.165, 1.54) is 28.8 Å². The average Bonchev–Trinajstić information content (AvgIpc) is 2.95. The Hall–Kier alpha value is -3.26. The highest BCUT2D eigenvalue weighted by Crippen LogP contribution is 2.35. The van der Waals surface area contributed by atoms with Gasteiger partial charge in [-0.2, -0.15) is 0 Å². The number of amidine groups is 1. The van der Waals surface area contributed by atoms with Crippen molar-refractivity contribution in [2.45, 2.75) is 0 Å². The fourth-order valence-electron chi connectivity index (χ4n) is 2.56. The summed E-state index contributed by atoms with van der Waals surface area (Å²) >= 11 is 1.21. The summed E-state index contributed by atoms with van der Waals surface area (Å²) in [5, 5.41) is 11.5. The van der Waals surface area contributed by atoms with Crippen molar-refractivity contribution in [1.29, 1.82) is 0 Å². The van der Waals surface area contributed by atoms with Crippen molar-refractivity contribution in [2.75, 3.05) is 21.3 Å². The zero-order valence-electron chi connectivity index (χ0n) is 15.5. The first kappa shape index (κ1) is 19.5.